The molecule has 4 heteroatoms. The van der Waals surface area contributed by atoms with E-state index in [0.717, 1.165) is 55.8 Å². The Hall–Kier alpha value is -1.06. The third-order valence-electron chi connectivity index (χ3n) is 4.36. The summed E-state index contributed by atoms with van der Waals surface area (Å²) >= 11 is 5.97. The van der Waals surface area contributed by atoms with Crippen molar-refractivity contribution >= 4 is 17.5 Å². The zero-order valence-electron chi connectivity index (χ0n) is 13.0. The highest BCUT2D eigenvalue weighted by atomic mass is 35.5. The van der Waals surface area contributed by atoms with E-state index in [0.29, 0.717) is 0 Å². The van der Waals surface area contributed by atoms with Crippen LogP contribution in [-0.2, 0) is 10.2 Å². The molecule has 116 valence electrons. The van der Waals surface area contributed by atoms with Gasteiger partial charge in [0.1, 0.15) is 0 Å². The molecule has 1 saturated carbocycles. The fourth-order valence-corrected chi connectivity index (χ4v) is 3.29. The minimum atomic E-state index is -0.345. The number of hydrogen-bond acceptors (Lipinski definition) is 2. The lowest BCUT2D eigenvalue weighted by atomic mass is 9.78. The normalized spacial score (nSPS) is 17.1. The van der Waals surface area contributed by atoms with E-state index >= 15 is 0 Å². The first kappa shape index (κ1) is 16.3. The summed E-state index contributed by atoms with van der Waals surface area (Å²) in [5.41, 5.74) is 0.761. The van der Waals surface area contributed by atoms with E-state index in [2.05, 4.69) is 10.2 Å². The molecule has 1 aromatic carbocycles. The van der Waals surface area contributed by atoms with Crippen LogP contribution in [0.1, 0.15) is 37.7 Å². The predicted octanol–water partition coefficient (Wildman–Crippen LogP) is 3.22. The Morgan fingerprint density at radius 1 is 1.24 bits per heavy atom. The van der Waals surface area contributed by atoms with Gasteiger partial charge in [-0.25, -0.2) is 0 Å². The van der Waals surface area contributed by atoms with Gasteiger partial charge in [-0.2, -0.15) is 0 Å². The summed E-state index contributed by atoms with van der Waals surface area (Å²) in [6, 6.07) is 7.78. The Kier molecular flexibility index (Phi) is 5.65. The summed E-state index contributed by atoms with van der Waals surface area (Å²) < 4.78 is 0. The van der Waals surface area contributed by atoms with E-state index in [9.17, 15) is 4.79 Å². The monoisotopic (exact) mass is 308 g/mol. The highest BCUT2D eigenvalue weighted by Crippen LogP contribution is 2.41. The lowest BCUT2D eigenvalue weighted by Gasteiger charge is -2.28. The molecule has 0 aliphatic heterocycles. The number of nitrogens with zero attached hydrogens (tertiary/aromatic N) is 1. The Labute approximate surface area is 132 Å². The van der Waals surface area contributed by atoms with Gasteiger partial charge in [-0.3, -0.25) is 4.79 Å². The maximum Gasteiger partial charge on any atom is 0.230 e. The molecular weight excluding hydrogens is 284 g/mol. The van der Waals surface area contributed by atoms with Gasteiger partial charge >= 0.3 is 0 Å². The molecule has 0 saturated heterocycles. The van der Waals surface area contributed by atoms with Crippen molar-refractivity contribution in [3.8, 4) is 0 Å². The third-order valence-corrected chi connectivity index (χ3v) is 4.61. The van der Waals surface area contributed by atoms with Gasteiger partial charge in [0.2, 0.25) is 5.91 Å². The van der Waals surface area contributed by atoms with Crippen LogP contribution in [-0.4, -0.2) is 38.0 Å². The number of rotatable bonds is 6. The van der Waals surface area contributed by atoms with Crippen LogP contribution in [0.25, 0.3) is 0 Å². The molecule has 0 heterocycles. The second-order valence-electron chi connectivity index (χ2n) is 6.21. The van der Waals surface area contributed by atoms with Gasteiger partial charge in [0.05, 0.1) is 5.41 Å². The third kappa shape index (κ3) is 3.98. The van der Waals surface area contributed by atoms with Crippen LogP contribution in [0.5, 0.6) is 0 Å². The summed E-state index contributed by atoms with van der Waals surface area (Å²) in [7, 11) is 4.10. The maximum atomic E-state index is 12.7. The molecule has 3 nitrogen and oxygen atoms in total. The molecule has 0 spiro atoms. The number of amides is 1. The van der Waals surface area contributed by atoms with Crippen LogP contribution in [0, 0.1) is 0 Å². The highest BCUT2D eigenvalue weighted by Gasteiger charge is 2.42. The molecule has 1 fully saturated rings. The van der Waals surface area contributed by atoms with Crippen molar-refractivity contribution in [2.45, 2.75) is 37.5 Å². The fourth-order valence-electron chi connectivity index (χ4n) is 3.16. The van der Waals surface area contributed by atoms with E-state index in [1.165, 1.54) is 0 Å². The van der Waals surface area contributed by atoms with Crippen molar-refractivity contribution < 1.29 is 4.79 Å². The highest BCUT2D eigenvalue weighted by molar-refractivity contribution is 6.30. The van der Waals surface area contributed by atoms with Gasteiger partial charge in [0, 0.05) is 11.6 Å². The van der Waals surface area contributed by atoms with Crippen LogP contribution in [0.15, 0.2) is 24.3 Å². The van der Waals surface area contributed by atoms with Crippen LogP contribution >= 0.6 is 11.6 Å². The molecule has 2 rings (SSSR count). The zero-order valence-corrected chi connectivity index (χ0v) is 13.7. The molecule has 0 aromatic heterocycles. The fraction of sp³-hybridized carbons (Fsp3) is 0.588. The SMILES string of the molecule is CN(C)CCCNC(=O)C1(c2ccc(Cl)cc2)CCCC1. The van der Waals surface area contributed by atoms with E-state index in [4.69, 9.17) is 11.6 Å². The lowest BCUT2D eigenvalue weighted by molar-refractivity contribution is -0.126. The number of halogens is 1. The van der Waals surface area contributed by atoms with E-state index in [1.807, 2.05) is 38.4 Å². The summed E-state index contributed by atoms with van der Waals surface area (Å²) in [4.78, 5) is 14.9. The maximum absolute atomic E-state index is 12.7. The van der Waals surface area contributed by atoms with Crippen molar-refractivity contribution in [1.82, 2.24) is 10.2 Å². The number of carbonyl (C=O) groups excluding carboxylic acids is 1. The summed E-state index contributed by atoms with van der Waals surface area (Å²) in [6.07, 6.45) is 5.10. The van der Waals surface area contributed by atoms with Crippen molar-refractivity contribution in [3.63, 3.8) is 0 Å². The molecule has 21 heavy (non-hydrogen) atoms. The number of carbonyl (C=O) groups is 1. The molecule has 1 amide bonds. The molecule has 1 aromatic rings. The van der Waals surface area contributed by atoms with E-state index in [-0.39, 0.29) is 11.3 Å². The quantitative estimate of drug-likeness (QED) is 0.818. The summed E-state index contributed by atoms with van der Waals surface area (Å²) in [5.74, 6) is 0.182. The van der Waals surface area contributed by atoms with Gasteiger partial charge in [0.25, 0.3) is 0 Å². The van der Waals surface area contributed by atoms with Gasteiger partial charge in [-0.05, 0) is 57.6 Å². The van der Waals surface area contributed by atoms with Gasteiger partial charge in [-0.1, -0.05) is 36.6 Å². The zero-order chi connectivity index (χ0) is 15.3. The first-order chi connectivity index (χ1) is 10.0. The number of nitrogens with one attached hydrogen (secondary N) is 1. The lowest BCUT2D eigenvalue weighted by Crippen LogP contribution is -2.43. The summed E-state index contributed by atoms with van der Waals surface area (Å²) in [6.45, 7) is 1.74. The first-order valence-electron chi connectivity index (χ1n) is 7.74. The molecular formula is C17H25ClN2O. The van der Waals surface area contributed by atoms with Gasteiger partial charge < -0.3 is 10.2 Å². The second-order valence-corrected chi connectivity index (χ2v) is 6.65. The van der Waals surface area contributed by atoms with Crippen molar-refractivity contribution in [2.75, 3.05) is 27.2 Å². The first-order valence-corrected chi connectivity index (χ1v) is 8.11. The van der Waals surface area contributed by atoms with Gasteiger partial charge in [0.15, 0.2) is 0 Å². The minimum absolute atomic E-state index is 0.182. The average molecular weight is 309 g/mol. The van der Waals surface area contributed by atoms with Crippen LogP contribution in [0.3, 0.4) is 0 Å². The van der Waals surface area contributed by atoms with Gasteiger partial charge in [-0.15, -0.1) is 0 Å². The topological polar surface area (TPSA) is 32.3 Å². The Bertz CT molecular complexity index is 464. The average Bonchev–Trinajstić information content (AvgIpc) is 2.94. The molecule has 0 radical (unpaired) electrons. The van der Waals surface area contributed by atoms with Crippen molar-refractivity contribution in [1.29, 1.82) is 0 Å². The smallest absolute Gasteiger partial charge is 0.230 e. The van der Waals surface area contributed by atoms with Crippen molar-refractivity contribution in [2.24, 2.45) is 0 Å². The van der Waals surface area contributed by atoms with E-state index in [1.54, 1.807) is 0 Å². The number of benzene rings is 1. The Morgan fingerprint density at radius 3 is 2.43 bits per heavy atom. The minimum Gasteiger partial charge on any atom is -0.355 e. The Balaban J connectivity index is 2.04. The molecule has 0 bridgehead atoms. The van der Waals surface area contributed by atoms with E-state index < -0.39 is 0 Å². The second kappa shape index (κ2) is 7.28. The molecule has 1 aliphatic carbocycles. The molecule has 0 atom stereocenters. The predicted molar refractivity (Wildman–Crippen MR) is 87.8 cm³/mol. The largest absolute Gasteiger partial charge is 0.355 e. The van der Waals surface area contributed by atoms with Crippen LogP contribution in [0.4, 0.5) is 0 Å². The standard InChI is InChI=1S/C17H25ClN2O/c1-20(2)13-5-12-19-16(21)17(10-3-4-11-17)14-6-8-15(18)9-7-14/h6-9H,3-5,10-13H2,1-2H3,(H,19,21). The van der Waals surface area contributed by atoms with Crippen LogP contribution < -0.4 is 5.32 Å². The summed E-state index contributed by atoms with van der Waals surface area (Å²) in [5, 5.41) is 3.86. The molecule has 1 N–H and O–H groups in total. The number of hydrogen-bond donors (Lipinski definition) is 1. The molecule has 1 aliphatic rings. The Morgan fingerprint density at radius 2 is 1.86 bits per heavy atom. The van der Waals surface area contributed by atoms with Crippen LogP contribution in [0.2, 0.25) is 5.02 Å². The molecule has 0 unspecified atom stereocenters. The van der Waals surface area contributed by atoms with Crippen molar-refractivity contribution in [3.05, 3.63) is 34.9 Å².